The van der Waals surface area contributed by atoms with Crippen LogP contribution in [0.15, 0.2) is 36.5 Å². The Morgan fingerprint density at radius 2 is 1.86 bits per heavy atom. The van der Waals surface area contributed by atoms with Crippen molar-refractivity contribution in [3.05, 3.63) is 47.8 Å². The van der Waals surface area contributed by atoms with Crippen molar-refractivity contribution in [1.29, 1.82) is 0 Å². The molecule has 2 aromatic rings. The summed E-state index contributed by atoms with van der Waals surface area (Å²) < 4.78 is 47.1. The van der Waals surface area contributed by atoms with Crippen LogP contribution in [0.2, 0.25) is 0 Å². The Hall–Kier alpha value is -2.44. The molecule has 0 amide bonds. The summed E-state index contributed by atoms with van der Waals surface area (Å²) in [6.07, 6.45) is -3.15. The summed E-state index contributed by atoms with van der Waals surface area (Å²) in [5.41, 5.74) is 1.44. The maximum atomic E-state index is 12.5. The zero-order chi connectivity index (χ0) is 16.2. The van der Waals surface area contributed by atoms with E-state index in [2.05, 4.69) is 15.0 Å². The van der Waals surface area contributed by atoms with Crippen molar-refractivity contribution in [2.75, 3.05) is 12.4 Å². The second-order valence-electron chi connectivity index (χ2n) is 4.46. The Balaban J connectivity index is 2.26. The van der Waals surface area contributed by atoms with Crippen LogP contribution < -0.4 is 14.8 Å². The first-order chi connectivity index (χ1) is 10.4. The fourth-order valence-corrected chi connectivity index (χ4v) is 1.94. The zero-order valence-corrected chi connectivity index (χ0v) is 12.1. The van der Waals surface area contributed by atoms with Crippen LogP contribution in [-0.2, 0) is 6.61 Å². The maximum Gasteiger partial charge on any atom is 0.573 e. The highest BCUT2D eigenvalue weighted by atomic mass is 19.4. The minimum absolute atomic E-state index is 0.0744. The molecule has 0 saturated heterocycles. The molecule has 0 spiro atoms. The van der Waals surface area contributed by atoms with Crippen molar-refractivity contribution in [2.45, 2.75) is 19.9 Å². The summed E-state index contributed by atoms with van der Waals surface area (Å²) in [5.74, 6) is 0.215. The van der Waals surface area contributed by atoms with Crippen LogP contribution in [0.3, 0.4) is 0 Å². The van der Waals surface area contributed by atoms with E-state index in [0.29, 0.717) is 17.1 Å². The number of rotatable bonds is 5. The highest BCUT2D eigenvalue weighted by Crippen LogP contribution is 2.32. The molecule has 0 saturated carbocycles. The van der Waals surface area contributed by atoms with Crippen molar-refractivity contribution >= 4 is 5.69 Å². The topological polar surface area (TPSA) is 43.4 Å². The van der Waals surface area contributed by atoms with E-state index in [4.69, 9.17) is 4.74 Å². The van der Waals surface area contributed by atoms with E-state index in [1.807, 2.05) is 0 Å². The van der Waals surface area contributed by atoms with Gasteiger partial charge in [-0.3, -0.25) is 4.98 Å². The summed E-state index contributed by atoms with van der Waals surface area (Å²) >= 11 is 0. The minimum atomic E-state index is -4.76. The molecule has 0 aliphatic rings. The maximum absolute atomic E-state index is 12.5. The molecule has 1 aromatic carbocycles. The fourth-order valence-electron chi connectivity index (χ4n) is 1.94. The number of benzene rings is 1. The van der Waals surface area contributed by atoms with Crippen LogP contribution in [0.4, 0.5) is 18.9 Å². The number of nitrogens with zero attached hydrogens (tertiary/aromatic N) is 1. The predicted molar refractivity (Wildman–Crippen MR) is 76.0 cm³/mol. The summed E-state index contributed by atoms with van der Waals surface area (Å²) in [4.78, 5) is 4.06. The number of aryl methyl sites for hydroxylation is 1. The fraction of sp³-hybridized carbons (Fsp3) is 0.267. The van der Waals surface area contributed by atoms with Crippen molar-refractivity contribution in [3.8, 4) is 11.5 Å². The molecule has 0 unspecified atom stereocenters. The number of hydrogen-bond donors (Lipinski definition) is 1. The molecular weight excluding hydrogens is 297 g/mol. The van der Waals surface area contributed by atoms with Gasteiger partial charge >= 0.3 is 6.36 Å². The second-order valence-corrected chi connectivity index (χ2v) is 4.46. The van der Waals surface area contributed by atoms with Gasteiger partial charge in [0.25, 0.3) is 0 Å². The van der Waals surface area contributed by atoms with Crippen molar-refractivity contribution in [1.82, 2.24) is 4.98 Å². The zero-order valence-electron chi connectivity index (χ0n) is 12.1. The molecule has 0 aliphatic heterocycles. The van der Waals surface area contributed by atoms with Gasteiger partial charge in [0.1, 0.15) is 18.1 Å². The third kappa shape index (κ3) is 4.03. The number of ether oxygens (including phenoxy) is 2. The standard InChI is InChI=1S/C15H15F3N2O2/c1-10-13(7-4-8-20-10)21-9-11-12(19-2)5-3-6-14(11)22-15(16,17)18/h3-8,19H,9H2,1-2H3. The second kappa shape index (κ2) is 6.55. The Morgan fingerprint density at radius 1 is 1.14 bits per heavy atom. The SMILES string of the molecule is CNc1cccc(OC(F)(F)F)c1COc1cccnc1C. The molecule has 0 radical (unpaired) electrons. The molecular formula is C15H15F3N2O2. The van der Waals surface area contributed by atoms with E-state index < -0.39 is 6.36 Å². The number of anilines is 1. The minimum Gasteiger partial charge on any atom is -0.487 e. The van der Waals surface area contributed by atoms with E-state index in [-0.39, 0.29) is 17.9 Å². The number of nitrogens with one attached hydrogen (secondary N) is 1. The van der Waals surface area contributed by atoms with E-state index in [1.165, 1.54) is 12.1 Å². The Bertz CT molecular complexity index is 645. The first-order valence-electron chi connectivity index (χ1n) is 6.50. The molecule has 0 fully saturated rings. The van der Waals surface area contributed by atoms with Crippen LogP contribution in [0.25, 0.3) is 0 Å². The largest absolute Gasteiger partial charge is 0.573 e. The summed E-state index contributed by atoms with van der Waals surface area (Å²) in [5, 5.41) is 2.83. The third-order valence-electron chi connectivity index (χ3n) is 2.96. The molecule has 7 heteroatoms. The average molecular weight is 312 g/mol. The van der Waals surface area contributed by atoms with Gasteiger partial charge in [-0.15, -0.1) is 13.2 Å². The molecule has 1 N–H and O–H groups in total. The third-order valence-corrected chi connectivity index (χ3v) is 2.96. The van der Waals surface area contributed by atoms with Crippen LogP contribution in [0.5, 0.6) is 11.5 Å². The molecule has 118 valence electrons. The van der Waals surface area contributed by atoms with Crippen molar-refractivity contribution in [2.24, 2.45) is 0 Å². The number of hydrogen-bond acceptors (Lipinski definition) is 4. The predicted octanol–water partition coefficient (Wildman–Crippen LogP) is 3.91. The molecule has 2 rings (SSSR count). The smallest absolute Gasteiger partial charge is 0.487 e. The van der Waals surface area contributed by atoms with Gasteiger partial charge in [0, 0.05) is 18.9 Å². The molecule has 0 bridgehead atoms. The number of aromatic nitrogens is 1. The quantitative estimate of drug-likeness (QED) is 0.909. The number of alkyl halides is 3. The number of halogens is 3. The monoisotopic (exact) mass is 312 g/mol. The normalized spacial score (nSPS) is 11.1. The lowest BCUT2D eigenvalue weighted by Crippen LogP contribution is -2.19. The van der Waals surface area contributed by atoms with Crippen molar-refractivity contribution in [3.63, 3.8) is 0 Å². The van der Waals surface area contributed by atoms with Gasteiger partial charge < -0.3 is 14.8 Å². The van der Waals surface area contributed by atoms with Crippen LogP contribution in [0.1, 0.15) is 11.3 Å². The Kier molecular flexibility index (Phi) is 4.75. The number of pyridine rings is 1. The molecule has 22 heavy (non-hydrogen) atoms. The summed E-state index contributed by atoms with van der Waals surface area (Å²) in [6.45, 7) is 1.68. The van der Waals surface area contributed by atoms with E-state index in [1.54, 1.807) is 38.4 Å². The van der Waals surface area contributed by atoms with E-state index in [9.17, 15) is 13.2 Å². The molecule has 1 heterocycles. The van der Waals surface area contributed by atoms with Gasteiger partial charge in [0.2, 0.25) is 0 Å². The van der Waals surface area contributed by atoms with Gasteiger partial charge in [-0.25, -0.2) is 0 Å². The molecule has 1 aromatic heterocycles. The Morgan fingerprint density at radius 3 is 2.50 bits per heavy atom. The highest BCUT2D eigenvalue weighted by Gasteiger charge is 2.32. The molecule has 4 nitrogen and oxygen atoms in total. The summed E-state index contributed by atoms with van der Waals surface area (Å²) in [7, 11) is 1.62. The van der Waals surface area contributed by atoms with Gasteiger partial charge in [-0.2, -0.15) is 0 Å². The first kappa shape index (κ1) is 15.9. The molecule has 0 aliphatic carbocycles. The molecule has 0 atom stereocenters. The Labute approximate surface area is 125 Å². The highest BCUT2D eigenvalue weighted by molar-refractivity contribution is 5.57. The first-order valence-corrected chi connectivity index (χ1v) is 6.50. The van der Waals surface area contributed by atoms with Gasteiger partial charge in [-0.1, -0.05) is 6.07 Å². The lowest BCUT2D eigenvalue weighted by molar-refractivity contribution is -0.275. The van der Waals surface area contributed by atoms with Gasteiger partial charge in [0.15, 0.2) is 0 Å². The van der Waals surface area contributed by atoms with Crippen LogP contribution in [-0.4, -0.2) is 18.4 Å². The van der Waals surface area contributed by atoms with Crippen molar-refractivity contribution < 1.29 is 22.6 Å². The van der Waals surface area contributed by atoms with Crippen LogP contribution in [0, 0.1) is 6.92 Å². The average Bonchev–Trinajstić information content (AvgIpc) is 2.45. The van der Waals surface area contributed by atoms with E-state index in [0.717, 1.165) is 0 Å². The van der Waals surface area contributed by atoms with Gasteiger partial charge in [0.05, 0.1) is 11.3 Å². The lowest BCUT2D eigenvalue weighted by Gasteiger charge is -2.17. The van der Waals surface area contributed by atoms with Crippen LogP contribution >= 0.6 is 0 Å². The van der Waals surface area contributed by atoms with Gasteiger partial charge in [-0.05, 0) is 31.2 Å². The van der Waals surface area contributed by atoms with E-state index >= 15 is 0 Å². The lowest BCUT2D eigenvalue weighted by atomic mass is 10.1. The summed E-state index contributed by atoms with van der Waals surface area (Å²) in [6, 6.07) is 7.78.